The van der Waals surface area contributed by atoms with Crippen molar-refractivity contribution in [3.05, 3.63) is 48.0 Å². The molecule has 1 nitrogen and oxygen atoms in total. The summed E-state index contributed by atoms with van der Waals surface area (Å²) in [6, 6.07) is 10.5. The van der Waals surface area contributed by atoms with Crippen molar-refractivity contribution in [2.45, 2.75) is 19.8 Å². The molecular formula is C12H17N. The second-order valence-corrected chi connectivity index (χ2v) is 2.57. The third kappa shape index (κ3) is 5.85. The molecule has 13 heavy (non-hydrogen) atoms. The number of hydrogen-bond donors (Lipinski definition) is 1. The molecule has 0 bridgehead atoms. The summed E-state index contributed by atoms with van der Waals surface area (Å²) in [5.41, 5.74) is 1.39. The first-order valence-corrected chi connectivity index (χ1v) is 4.47. The molecule has 0 aliphatic heterocycles. The van der Waals surface area contributed by atoms with Gasteiger partial charge in [-0.1, -0.05) is 49.4 Å². The average Bonchev–Trinajstić information content (AvgIpc) is 2.23. The highest BCUT2D eigenvalue weighted by molar-refractivity contribution is 5.17. The first kappa shape index (κ1) is 11.6. The van der Waals surface area contributed by atoms with Gasteiger partial charge in [-0.3, -0.25) is 0 Å². The fourth-order valence-corrected chi connectivity index (χ4v) is 1.00. The molecular weight excluding hydrogens is 158 g/mol. The van der Waals surface area contributed by atoms with Gasteiger partial charge >= 0.3 is 0 Å². The van der Waals surface area contributed by atoms with Gasteiger partial charge < -0.3 is 5.41 Å². The molecule has 1 aromatic carbocycles. The molecule has 0 atom stereocenters. The number of rotatable bonds is 3. The number of allylic oxidation sites excluding steroid dienone is 2. The Hall–Kier alpha value is -1.37. The van der Waals surface area contributed by atoms with Gasteiger partial charge in [-0.2, -0.15) is 0 Å². The molecule has 0 spiro atoms. The highest BCUT2D eigenvalue weighted by atomic mass is 14.2. The van der Waals surface area contributed by atoms with Gasteiger partial charge in [-0.25, -0.2) is 0 Å². The van der Waals surface area contributed by atoms with Crippen molar-refractivity contribution < 1.29 is 0 Å². The average molecular weight is 175 g/mol. The lowest BCUT2D eigenvalue weighted by Gasteiger charge is -1.92. The van der Waals surface area contributed by atoms with E-state index in [9.17, 15) is 0 Å². The molecule has 0 radical (unpaired) electrons. The minimum atomic E-state index is 1.06. The minimum absolute atomic E-state index is 1.06. The molecule has 0 saturated carbocycles. The third-order valence-electron chi connectivity index (χ3n) is 1.60. The lowest BCUT2D eigenvalue weighted by molar-refractivity contribution is 1.18. The normalized spacial score (nSPS) is 9.31. The Morgan fingerprint density at radius 1 is 1.15 bits per heavy atom. The van der Waals surface area contributed by atoms with E-state index in [0.29, 0.717) is 0 Å². The summed E-state index contributed by atoms with van der Waals surface area (Å²) in [5.74, 6) is 0. The smallest absolute Gasteiger partial charge is 0.00975 e. The molecule has 0 fully saturated rings. The van der Waals surface area contributed by atoms with Crippen LogP contribution in [0.15, 0.2) is 42.5 Å². The van der Waals surface area contributed by atoms with Crippen LogP contribution in [0.5, 0.6) is 0 Å². The zero-order chi connectivity index (χ0) is 9.94. The summed E-state index contributed by atoms with van der Waals surface area (Å²) in [5, 5.41) is 5.50. The quantitative estimate of drug-likeness (QED) is 0.537. The van der Waals surface area contributed by atoms with E-state index in [2.05, 4.69) is 50.1 Å². The first-order valence-electron chi connectivity index (χ1n) is 4.47. The van der Waals surface area contributed by atoms with Crippen LogP contribution >= 0.6 is 0 Å². The van der Waals surface area contributed by atoms with Crippen molar-refractivity contribution in [3.8, 4) is 0 Å². The molecule has 0 aliphatic carbocycles. The summed E-state index contributed by atoms with van der Waals surface area (Å²) in [6.07, 6.45) is 6.61. The number of hydrogen-bond acceptors (Lipinski definition) is 1. The Balaban J connectivity index is 0.000000671. The van der Waals surface area contributed by atoms with Gasteiger partial charge in [0.05, 0.1) is 0 Å². The van der Waals surface area contributed by atoms with Gasteiger partial charge in [0.2, 0.25) is 0 Å². The van der Waals surface area contributed by atoms with Crippen LogP contribution in [-0.4, -0.2) is 6.72 Å². The minimum Gasteiger partial charge on any atom is -0.317 e. The Labute approximate surface area is 80.6 Å². The maximum Gasteiger partial charge on any atom is -0.00975 e. The van der Waals surface area contributed by atoms with Gasteiger partial charge in [-0.05, 0) is 25.1 Å². The molecule has 0 saturated heterocycles. The zero-order valence-electron chi connectivity index (χ0n) is 8.16. The van der Waals surface area contributed by atoms with Gasteiger partial charge in [0, 0.05) is 0 Å². The van der Waals surface area contributed by atoms with Crippen molar-refractivity contribution >= 4 is 6.72 Å². The Morgan fingerprint density at radius 3 is 2.31 bits per heavy atom. The number of nitrogens with one attached hydrogen (secondary N) is 1. The van der Waals surface area contributed by atoms with E-state index in [1.807, 2.05) is 6.07 Å². The predicted octanol–water partition coefficient (Wildman–Crippen LogP) is 3.46. The molecule has 0 aliphatic rings. The molecule has 1 rings (SSSR count). The van der Waals surface area contributed by atoms with Crippen LogP contribution in [0.4, 0.5) is 0 Å². The second-order valence-electron chi connectivity index (χ2n) is 2.57. The maximum atomic E-state index is 5.50. The van der Waals surface area contributed by atoms with E-state index in [4.69, 9.17) is 5.41 Å². The highest BCUT2D eigenvalue weighted by Crippen LogP contribution is 1.99. The van der Waals surface area contributed by atoms with Crippen molar-refractivity contribution in [2.75, 3.05) is 0 Å². The van der Waals surface area contributed by atoms with E-state index in [0.717, 1.165) is 12.8 Å². The zero-order valence-corrected chi connectivity index (χ0v) is 8.16. The summed E-state index contributed by atoms with van der Waals surface area (Å²) in [7, 11) is 0. The van der Waals surface area contributed by atoms with E-state index in [1.165, 1.54) is 5.56 Å². The first-order chi connectivity index (χ1) is 6.43. The lowest BCUT2D eigenvalue weighted by atomic mass is 10.1. The summed E-state index contributed by atoms with van der Waals surface area (Å²) in [4.78, 5) is 0. The van der Waals surface area contributed by atoms with Crippen LogP contribution in [-0.2, 0) is 6.42 Å². The second kappa shape index (κ2) is 8.72. The van der Waals surface area contributed by atoms with Crippen LogP contribution in [0.25, 0.3) is 0 Å². The fraction of sp³-hybridized carbons (Fsp3) is 0.250. The largest absolute Gasteiger partial charge is 0.317 e. The molecule has 0 heterocycles. The number of benzene rings is 1. The van der Waals surface area contributed by atoms with Gasteiger partial charge in [-0.15, -0.1) is 0 Å². The van der Waals surface area contributed by atoms with Crippen molar-refractivity contribution in [1.29, 1.82) is 5.41 Å². The fourth-order valence-electron chi connectivity index (χ4n) is 1.00. The lowest BCUT2D eigenvalue weighted by Crippen LogP contribution is -1.77. The van der Waals surface area contributed by atoms with E-state index >= 15 is 0 Å². The van der Waals surface area contributed by atoms with Gasteiger partial charge in [0.15, 0.2) is 0 Å². The Bertz CT molecular complexity index is 226. The van der Waals surface area contributed by atoms with Gasteiger partial charge in [0.25, 0.3) is 0 Å². The summed E-state index contributed by atoms with van der Waals surface area (Å²) >= 11 is 0. The molecule has 1 N–H and O–H groups in total. The van der Waals surface area contributed by atoms with Gasteiger partial charge in [0.1, 0.15) is 0 Å². The molecule has 0 aromatic heterocycles. The van der Waals surface area contributed by atoms with Crippen LogP contribution in [0.2, 0.25) is 0 Å². The third-order valence-corrected chi connectivity index (χ3v) is 1.60. The molecule has 1 heteroatoms. The van der Waals surface area contributed by atoms with Crippen molar-refractivity contribution in [3.63, 3.8) is 0 Å². The highest BCUT2D eigenvalue weighted by Gasteiger charge is 1.83. The van der Waals surface area contributed by atoms with Crippen molar-refractivity contribution in [1.82, 2.24) is 0 Å². The standard InChI is InChI=1S/C11H14.CH3N/c1-2-3-5-8-11-9-6-4-7-10-11;1-2/h3-7,9-10H,2,8H2,1H3;2H,1H2/b5-3-;. The van der Waals surface area contributed by atoms with Crippen LogP contribution in [0, 0.1) is 5.41 Å². The molecule has 0 amide bonds. The van der Waals surface area contributed by atoms with E-state index in [-0.39, 0.29) is 0 Å². The Morgan fingerprint density at radius 2 is 1.77 bits per heavy atom. The Kier molecular flexibility index (Phi) is 7.80. The van der Waals surface area contributed by atoms with Crippen LogP contribution in [0.1, 0.15) is 18.9 Å². The van der Waals surface area contributed by atoms with E-state index in [1.54, 1.807) is 0 Å². The molecule has 1 aromatic rings. The van der Waals surface area contributed by atoms with Crippen LogP contribution in [0.3, 0.4) is 0 Å². The van der Waals surface area contributed by atoms with E-state index < -0.39 is 0 Å². The predicted molar refractivity (Wildman–Crippen MR) is 59.4 cm³/mol. The van der Waals surface area contributed by atoms with Crippen molar-refractivity contribution in [2.24, 2.45) is 0 Å². The SMILES string of the molecule is C=N.CC/C=C\Cc1ccccc1. The summed E-state index contributed by atoms with van der Waals surface area (Å²) < 4.78 is 0. The topological polar surface area (TPSA) is 23.9 Å². The van der Waals surface area contributed by atoms with Crippen LogP contribution < -0.4 is 0 Å². The molecule has 0 unspecified atom stereocenters. The monoisotopic (exact) mass is 175 g/mol. The molecule has 70 valence electrons. The maximum absolute atomic E-state index is 5.50. The summed E-state index contributed by atoms with van der Waals surface area (Å²) in [6.45, 7) is 4.65.